The van der Waals surface area contributed by atoms with E-state index >= 15 is 0 Å². The van der Waals surface area contributed by atoms with Gasteiger partial charge in [0.1, 0.15) is 0 Å². The molecule has 0 aliphatic carbocycles. The lowest BCUT2D eigenvalue weighted by Gasteiger charge is -2.20. The zero-order valence-electron chi connectivity index (χ0n) is 12.8. The molecule has 0 bridgehead atoms. The molecule has 0 aliphatic rings. The Hall–Kier alpha value is -1.87. The molecule has 3 heteroatoms. The number of methoxy groups -OCH3 is 1. The van der Waals surface area contributed by atoms with Gasteiger partial charge in [-0.1, -0.05) is 37.3 Å². The molecule has 112 valence electrons. The molecular weight excluding hydrogens is 265 g/mol. The molecule has 0 saturated carbocycles. The Morgan fingerprint density at radius 3 is 2.57 bits per heavy atom. The highest BCUT2D eigenvalue weighted by Gasteiger charge is 2.14. The molecule has 2 aromatic rings. The van der Waals surface area contributed by atoms with Crippen LogP contribution in [0.3, 0.4) is 0 Å². The molecule has 0 amide bonds. The van der Waals surface area contributed by atoms with Crippen LogP contribution in [0.1, 0.15) is 29.7 Å². The van der Waals surface area contributed by atoms with E-state index in [-0.39, 0.29) is 17.6 Å². The van der Waals surface area contributed by atoms with Gasteiger partial charge in [0.2, 0.25) is 0 Å². The van der Waals surface area contributed by atoms with E-state index < -0.39 is 0 Å². The van der Waals surface area contributed by atoms with E-state index in [2.05, 4.69) is 31.3 Å². The van der Waals surface area contributed by atoms with Crippen molar-refractivity contribution >= 4 is 0 Å². The molecule has 2 nitrogen and oxygen atoms in total. The molecule has 2 rings (SSSR count). The number of ether oxygens (including phenoxy) is 1. The van der Waals surface area contributed by atoms with Crippen molar-refractivity contribution in [2.75, 3.05) is 13.7 Å². The van der Waals surface area contributed by atoms with Gasteiger partial charge in [-0.3, -0.25) is 0 Å². The third-order valence-corrected chi connectivity index (χ3v) is 3.67. The third-order valence-electron chi connectivity index (χ3n) is 3.67. The fourth-order valence-electron chi connectivity index (χ4n) is 2.59. The summed E-state index contributed by atoms with van der Waals surface area (Å²) in [6, 6.07) is 13.7. The zero-order valence-corrected chi connectivity index (χ0v) is 12.8. The predicted molar refractivity (Wildman–Crippen MR) is 84.3 cm³/mol. The van der Waals surface area contributed by atoms with Crippen LogP contribution >= 0.6 is 0 Å². The van der Waals surface area contributed by atoms with Gasteiger partial charge in [0.25, 0.3) is 0 Å². The van der Waals surface area contributed by atoms with Crippen molar-refractivity contribution < 1.29 is 9.13 Å². The van der Waals surface area contributed by atoms with Gasteiger partial charge in [-0.25, -0.2) is 4.39 Å². The van der Waals surface area contributed by atoms with E-state index in [1.165, 1.54) is 18.2 Å². The molecule has 1 N–H and O–H groups in total. The number of likely N-dealkylation sites (N-methyl/N-ethyl adjacent to an activating group) is 1. The lowest BCUT2D eigenvalue weighted by Crippen LogP contribution is -2.23. The molecule has 0 aromatic heterocycles. The van der Waals surface area contributed by atoms with E-state index in [1.807, 2.05) is 18.2 Å². The average molecular weight is 287 g/mol. The van der Waals surface area contributed by atoms with Crippen molar-refractivity contribution in [2.45, 2.75) is 26.3 Å². The zero-order chi connectivity index (χ0) is 15.2. The summed E-state index contributed by atoms with van der Waals surface area (Å²) >= 11 is 0. The van der Waals surface area contributed by atoms with Crippen LogP contribution in [0.2, 0.25) is 0 Å². The van der Waals surface area contributed by atoms with Crippen LogP contribution in [0.4, 0.5) is 4.39 Å². The number of hydrogen-bond donors (Lipinski definition) is 1. The summed E-state index contributed by atoms with van der Waals surface area (Å²) in [5.41, 5.74) is 3.47. The average Bonchev–Trinajstić information content (AvgIpc) is 2.47. The minimum Gasteiger partial charge on any atom is -0.494 e. The van der Waals surface area contributed by atoms with Crippen LogP contribution in [0.25, 0.3) is 0 Å². The van der Waals surface area contributed by atoms with Crippen molar-refractivity contribution in [3.8, 4) is 5.75 Å². The SMILES string of the molecule is CCNC(Cc1ccc(OC)c(F)c1)c1ccccc1C. The van der Waals surface area contributed by atoms with E-state index in [0.717, 1.165) is 18.5 Å². The van der Waals surface area contributed by atoms with Gasteiger partial charge in [0.05, 0.1) is 7.11 Å². The summed E-state index contributed by atoms with van der Waals surface area (Å²) in [6.45, 7) is 5.06. The number of aryl methyl sites for hydroxylation is 1. The summed E-state index contributed by atoms with van der Waals surface area (Å²) in [5.74, 6) is -0.0234. The van der Waals surface area contributed by atoms with Gasteiger partial charge in [-0.15, -0.1) is 0 Å². The summed E-state index contributed by atoms with van der Waals surface area (Å²) in [5, 5.41) is 3.48. The topological polar surface area (TPSA) is 21.3 Å². The minimum atomic E-state index is -0.310. The Labute approximate surface area is 126 Å². The maximum Gasteiger partial charge on any atom is 0.165 e. The fourth-order valence-corrected chi connectivity index (χ4v) is 2.59. The Morgan fingerprint density at radius 2 is 1.95 bits per heavy atom. The fraction of sp³-hybridized carbons (Fsp3) is 0.333. The first-order chi connectivity index (χ1) is 10.2. The largest absolute Gasteiger partial charge is 0.494 e. The van der Waals surface area contributed by atoms with Crippen LogP contribution in [-0.2, 0) is 6.42 Å². The first-order valence-electron chi connectivity index (χ1n) is 7.27. The van der Waals surface area contributed by atoms with Gasteiger partial charge < -0.3 is 10.1 Å². The highest BCUT2D eigenvalue weighted by atomic mass is 19.1. The highest BCUT2D eigenvalue weighted by molar-refractivity contribution is 5.33. The van der Waals surface area contributed by atoms with Crippen LogP contribution in [0, 0.1) is 12.7 Å². The quantitative estimate of drug-likeness (QED) is 0.866. The van der Waals surface area contributed by atoms with E-state index in [9.17, 15) is 4.39 Å². The molecule has 21 heavy (non-hydrogen) atoms. The molecule has 1 unspecified atom stereocenters. The van der Waals surface area contributed by atoms with Crippen molar-refractivity contribution in [3.05, 3.63) is 65.0 Å². The van der Waals surface area contributed by atoms with Crippen molar-refractivity contribution in [1.29, 1.82) is 0 Å². The number of nitrogens with one attached hydrogen (secondary N) is 1. The van der Waals surface area contributed by atoms with Crippen LogP contribution in [0.5, 0.6) is 5.75 Å². The lowest BCUT2D eigenvalue weighted by molar-refractivity contribution is 0.386. The number of halogens is 1. The summed E-state index contributed by atoms with van der Waals surface area (Å²) < 4.78 is 18.8. The van der Waals surface area contributed by atoms with Crippen LogP contribution in [-0.4, -0.2) is 13.7 Å². The summed E-state index contributed by atoms with van der Waals surface area (Å²) in [6.07, 6.45) is 0.750. The second-order valence-corrected chi connectivity index (χ2v) is 5.14. The Bertz CT molecular complexity index is 598. The molecule has 2 aromatic carbocycles. The Morgan fingerprint density at radius 1 is 1.19 bits per heavy atom. The monoisotopic (exact) mass is 287 g/mol. The Kier molecular flexibility index (Phi) is 5.34. The molecule has 0 spiro atoms. The smallest absolute Gasteiger partial charge is 0.165 e. The van der Waals surface area contributed by atoms with E-state index in [1.54, 1.807) is 12.1 Å². The highest BCUT2D eigenvalue weighted by Crippen LogP contribution is 2.24. The number of rotatable bonds is 6. The van der Waals surface area contributed by atoms with Gasteiger partial charge in [-0.05, 0) is 48.7 Å². The van der Waals surface area contributed by atoms with E-state index in [4.69, 9.17) is 4.74 Å². The van der Waals surface area contributed by atoms with Gasteiger partial charge in [0.15, 0.2) is 11.6 Å². The standard InChI is InChI=1S/C18H22FNO/c1-4-20-17(15-8-6-5-7-13(15)2)12-14-9-10-18(21-3)16(19)11-14/h5-11,17,20H,4,12H2,1-3H3. The van der Waals surface area contributed by atoms with Crippen molar-refractivity contribution in [3.63, 3.8) is 0 Å². The van der Waals surface area contributed by atoms with Gasteiger partial charge in [0, 0.05) is 6.04 Å². The maximum atomic E-state index is 13.8. The molecular formula is C18H22FNO. The summed E-state index contributed by atoms with van der Waals surface area (Å²) in [4.78, 5) is 0. The van der Waals surface area contributed by atoms with Gasteiger partial charge >= 0.3 is 0 Å². The van der Waals surface area contributed by atoms with Gasteiger partial charge in [-0.2, -0.15) is 0 Å². The molecule has 1 atom stereocenters. The van der Waals surface area contributed by atoms with Crippen LogP contribution < -0.4 is 10.1 Å². The predicted octanol–water partition coefficient (Wildman–Crippen LogP) is 4.04. The first-order valence-corrected chi connectivity index (χ1v) is 7.27. The third kappa shape index (κ3) is 3.82. The number of benzene rings is 2. The van der Waals surface area contributed by atoms with Crippen LogP contribution in [0.15, 0.2) is 42.5 Å². The normalized spacial score (nSPS) is 12.2. The van der Waals surface area contributed by atoms with Crippen molar-refractivity contribution in [2.24, 2.45) is 0 Å². The lowest BCUT2D eigenvalue weighted by atomic mass is 9.95. The first kappa shape index (κ1) is 15.5. The second-order valence-electron chi connectivity index (χ2n) is 5.14. The minimum absolute atomic E-state index is 0.184. The Balaban J connectivity index is 2.24. The van der Waals surface area contributed by atoms with Crippen molar-refractivity contribution in [1.82, 2.24) is 5.32 Å². The second kappa shape index (κ2) is 7.23. The summed E-state index contributed by atoms with van der Waals surface area (Å²) in [7, 11) is 1.48. The maximum absolute atomic E-state index is 13.8. The molecule has 0 fully saturated rings. The molecule has 0 saturated heterocycles. The molecule has 0 heterocycles. The molecule has 0 aliphatic heterocycles. The van der Waals surface area contributed by atoms with E-state index in [0.29, 0.717) is 0 Å². The molecule has 0 radical (unpaired) electrons. The number of hydrogen-bond acceptors (Lipinski definition) is 2.